The van der Waals surface area contributed by atoms with Gasteiger partial charge in [0.25, 0.3) is 0 Å². The summed E-state index contributed by atoms with van der Waals surface area (Å²) in [7, 11) is 0. The zero-order valence-electron chi connectivity index (χ0n) is 16.5. The third-order valence-corrected chi connectivity index (χ3v) is 5.78. The molecular formula is C23H33N3. The Morgan fingerprint density at radius 1 is 0.846 bits per heavy atom. The van der Waals surface area contributed by atoms with Crippen LogP contribution in [-0.4, -0.2) is 15.0 Å². The van der Waals surface area contributed by atoms with Crippen LogP contribution < -0.4 is 0 Å². The maximum absolute atomic E-state index is 4.75. The first-order valence-electron chi connectivity index (χ1n) is 10.6. The van der Waals surface area contributed by atoms with Gasteiger partial charge in [-0.05, 0) is 62.1 Å². The van der Waals surface area contributed by atoms with Crippen LogP contribution in [0.3, 0.4) is 0 Å². The smallest absolute Gasteiger partial charge is 0.160 e. The molecule has 1 aliphatic carbocycles. The summed E-state index contributed by atoms with van der Waals surface area (Å²) < 4.78 is 0. The van der Waals surface area contributed by atoms with Crippen molar-refractivity contribution in [3.63, 3.8) is 0 Å². The van der Waals surface area contributed by atoms with Crippen LogP contribution in [0.25, 0.3) is 11.4 Å². The first-order chi connectivity index (χ1) is 12.8. The largest absolute Gasteiger partial charge is 0.260 e. The summed E-state index contributed by atoms with van der Waals surface area (Å²) in [5, 5.41) is 0. The number of rotatable bonds is 8. The molecule has 2 aromatic heterocycles. The van der Waals surface area contributed by atoms with Gasteiger partial charge in [0.1, 0.15) is 0 Å². The summed E-state index contributed by atoms with van der Waals surface area (Å²) in [5.74, 6) is 2.37. The molecule has 0 atom stereocenters. The Bertz CT molecular complexity index is 640. The fourth-order valence-corrected chi connectivity index (χ4v) is 4.15. The molecule has 2 aromatic rings. The van der Waals surface area contributed by atoms with Crippen LogP contribution in [0.15, 0.2) is 30.7 Å². The summed E-state index contributed by atoms with van der Waals surface area (Å²) >= 11 is 0. The highest BCUT2D eigenvalue weighted by Gasteiger charge is 2.22. The second kappa shape index (κ2) is 9.80. The Morgan fingerprint density at radius 3 is 2.23 bits per heavy atom. The maximum Gasteiger partial charge on any atom is 0.160 e. The van der Waals surface area contributed by atoms with E-state index in [4.69, 9.17) is 4.98 Å². The number of unbranched alkanes of at least 4 members (excludes halogenated alkanes) is 2. The van der Waals surface area contributed by atoms with Crippen molar-refractivity contribution in [3.05, 3.63) is 42.0 Å². The monoisotopic (exact) mass is 351 g/mol. The molecule has 1 saturated carbocycles. The van der Waals surface area contributed by atoms with Crippen LogP contribution in [0, 0.1) is 5.92 Å². The first kappa shape index (κ1) is 19.0. The Hall–Kier alpha value is -1.77. The Kier molecular flexibility index (Phi) is 7.16. The molecule has 3 nitrogen and oxygen atoms in total. The molecule has 0 saturated heterocycles. The summed E-state index contributed by atoms with van der Waals surface area (Å²) in [6, 6.07) is 4.34. The van der Waals surface area contributed by atoms with Gasteiger partial charge in [0.15, 0.2) is 5.82 Å². The van der Waals surface area contributed by atoms with Crippen LogP contribution in [0.2, 0.25) is 0 Å². The molecule has 0 radical (unpaired) electrons. The van der Waals surface area contributed by atoms with Gasteiger partial charge in [0, 0.05) is 35.8 Å². The number of hydrogen-bond donors (Lipinski definition) is 0. The lowest BCUT2D eigenvalue weighted by Crippen LogP contribution is -2.14. The first-order valence-corrected chi connectivity index (χ1v) is 10.6. The highest BCUT2D eigenvalue weighted by atomic mass is 14.9. The molecular weight excluding hydrogens is 318 g/mol. The summed E-state index contributed by atoms with van der Waals surface area (Å²) in [5.41, 5.74) is 3.50. The van der Waals surface area contributed by atoms with Gasteiger partial charge in [-0.25, -0.2) is 9.97 Å². The predicted octanol–water partition coefficient (Wildman–Crippen LogP) is 6.35. The van der Waals surface area contributed by atoms with Crippen LogP contribution in [0.4, 0.5) is 0 Å². The number of hydrogen-bond acceptors (Lipinski definition) is 3. The molecule has 0 spiro atoms. The average molecular weight is 352 g/mol. The molecule has 0 aromatic carbocycles. The van der Waals surface area contributed by atoms with Gasteiger partial charge in [0.05, 0.1) is 0 Å². The molecule has 0 aliphatic heterocycles. The summed E-state index contributed by atoms with van der Waals surface area (Å²) in [6.45, 7) is 4.53. The normalized spacial score (nSPS) is 20.2. The van der Waals surface area contributed by atoms with Crippen LogP contribution in [0.1, 0.15) is 88.8 Å². The van der Waals surface area contributed by atoms with Gasteiger partial charge >= 0.3 is 0 Å². The molecule has 1 fully saturated rings. The van der Waals surface area contributed by atoms with Gasteiger partial charge < -0.3 is 0 Å². The van der Waals surface area contributed by atoms with E-state index >= 15 is 0 Å². The number of aryl methyl sites for hydroxylation is 1. The van der Waals surface area contributed by atoms with Gasteiger partial charge in [-0.1, -0.05) is 39.5 Å². The van der Waals surface area contributed by atoms with E-state index in [0.717, 1.165) is 23.7 Å². The van der Waals surface area contributed by atoms with E-state index in [2.05, 4.69) is 35.9 Å². The van der Waals surface area contributed by atoms with E-state index in [-0.39, 0.29) is 0 Å². The average Bonchev–Trinajstić information content (AvgIpc) is 2.70. The van der Waals surface area contributed by atoms with Gasteiger partial charge in [-0.15, -0.1) is 0 Å². The molecule has 0 unspecified atom stereocenters. The van der Waals surface area contributed by atoms with Crippen molar-refractivity contribution < 1.29 is 0 Å². The lowest BCUT2D eigenvalue weighted by molar-refractivity contribution is 0.305. The number of pyridine rings is 1. The fourth-order valence-electron chi connectivity index (χ4n) is 4.15. The van der Waals surface area contributed by atoms with Gasteiger partial charge in [-0.3, -0.25) is 4.98 Å². The molecule has 26 heavy (non-hydrogen) atoms. The Morgan fingerprint density at radius 2 is 1.62 bits per heavy atom. The molecule has 1 aliphatic rings. The van der Waals surface area contributed by atoms with Crippen LogP contribution in [0.5, 0.6) is 0 Å². The highest BCUT2D eigenvalue weighted by Crippen LogP contribution is 2.36. The van der Waals surface area contributed by atoms with Crippen molar-refractivity contribution in [2.75, 3.05) is 0 Å². The summed E-state index contributed by atoms with van der Waals surface area (Å²) in [6.07, 6.45) is 18.7. The topological polar surface area (TPSA) is 38.7 Å². The van der Waals surface area contributed by atoms with E-state index in [0.29, 0.717) is 5.92 Å². The highest BCUT2D eigenvalue weighted by molar-refractivity contribution is 5.53. The molecule has 0 N–H and O–H groups in total. The minimum Gasteiger partial charge on any atom is -0.260 e. The number of nitrogens with zero attached hydrogens (tertiary/aromatic N) is 3. The third-order valence-electron chi connectivity index (χ3n) is 5.78. The minimum absolute atomic E-state index is 0.638. The Labute approximate surface area is 158 Å². The van der Waals surface area contributed by atoms with E-state index in [9.17, 15) is 0 Å². The molecule has 3 heteroatoms. The Balaban J connectivity index is 1.57. The van der Waals surface area contributed by atoms with Crippen molar-refractivity contribution in [2.24, 2.45) is 5.92 Å². The van der Waals surface area contributed by atoms with E-state index in [1.54, 1.807) is 0 Å². The lowest BCUT2D eigenvalue weighted by Gasteiger charge is -2.28. The van der Waals surface area contributed by atoms with Crippen molar-refractivity contribution in [3.8, 4) is 11.4 Å². The molecule has 3 rings (SSSR count). The van der Waals surface area contributed by atoms with Crippen LogP contribution >= 0.6 is 0 Å². The second-order valence-electron chi connectivity index (χ2n) is 7.85. The van der Waals surface area contributed by atoms with Crippen LogP contribution in [-0.2, 0) is 6.42 Å². The zero-order valence-corrected chi connectivity index (χ0v) is 16.5. The van der Waals surface area contributed by atoms with Crippen molar-refractivity contribution >= 4 is 0 Å². The molecule has 2 heterocycles. The SMILES string of the molecule is CCCCCc1cnc(-c2ccc(C3CCC(CCC)CC3)nc2)nc1. The van der Waals surface area contributed by atoms with E-state index in [1.165, 1.54) is 69.0 Å². The van der Waals surface area contributed by atoms with E-state index in [1.807, 2.05) is 18.6 Å². The van der Waals surface area contributed by atoms with Crippen molar-refractivity contribution in [1.29, 1.82) is 0 Å². The predicted molar refractivity (Wildman–Crippen MR) is 108 cm³/mol. The minimum atomic E-state index is 0.638. The lowest BCUT2D eigenvalue weighted by atomic mass is 9.78. The van der Waals surface area contributed by atoms with E-state index < -0.39 is 0 Å². The third kappa shape index (κ3) is 5.12. The fraction of sp³-hybridized carbons (Fsp3) is 0.609. The van der Waals surface area contributed by atoms with Gasteiger partial charge in [-0.2, -0.15) is 0 Å². The second-order valence-corrected chi connectivity index (χ2v) is 7.85. The molecule has 140 valence electrons. The molecule has 0 amide bonds. The number of aromatic nitrogens is 3. The quantitative estimate of drug-likeness (QED) is 0.520. The zero-order chi connectivity index (χ0) is 18.2. The van der Waals surface area contributed by atoms with Gasteiger partial charge in [0.2, 0.25) is 0 Å². The maximum atomic E-state index is 4.75. The van der Waals surface area contributed by atoms with Crippen molar-refractivity contribution in [1.82, 2.24) is 15.0 Å². The summed E-state index contributed by atoms with van der Waals surface area (Å²) in [4.78, 5) is 13.9. The van der Waals surface area contributed by atoms with Crippen molar-refractivity contribution in [2.45, 2.75) is 84.0 Å². The standard InChI is InChI=1S/C23H33N3/c1-3-5-6-8-19-15-25-23(26-16-19)21-13-14-22(24-17-21)20-11-9-18(7-4-2)10-12-20/h13-18,20H,3-12H2,1-2H3. The molecule has 0 bridgehead atoms.